The van der Waals surface area contributed by atoms with Gasteiger partial charge in [0.2, 0.25) is 20.0 Å². The summed E-state index contributed by atoms with van der Waals surface area (Å²) in [4.78, 5) is 0.0288. The Labute approximate surface area is 118 Å². The van der Waals surface area contributed by atoms with Crippen molar-refractivity contribution in [3.05, 3.63) is 23.8 Å². The third-order valence-corrected chi connectivity index (χ3v) is 5.62. The summed E-state index contributed by atoms with van der Waals surface area (Å²) in [6, 6.07) is 4.30. The molecule has 0 spiro atoms. The molecule has 0 saturated heterocycles. The lowest BCUT2D eigenvalue weighted by atomic mass is 10.2. The average molecular weight is 327 g/mol. The third kappa shape index (κ3) is 4.34. The lowest BCUT2D eigenvalue weighted by Crippen LogP contribution is -2.21. The van der Waals surface area contributed by atoms with E-state index >= 15 is 0 Å². The van der Waals surface area contributed by atoms with Crippen molar-refractivity contribution in [2.24, 2.45) is 0 Å². The van der Waals surface area contributed by atoms with Crippen LogP contribution in [0.4, 0.5) is 5.69 Å². The SMILES string of the molecule is CNS(=O)(=O)c1cc(NS(=O)(=O)CCCl)ccc1C. The monoisotopic (exact) mass is 326 g/mol. The van der Waals surface area contributed by atoms with Crippen molar-refractivity contribution < 1.29 is 16.8 Å². The predicted octanol–water partition coefficient (Wildman–Crippen LogP) is 0.884. The molecule has 0 aromatic heterocycles. The van der Waals surface area contributed by atoms with Crippen LogP contribution in [0.5, 0.6) is 0 Å². The van der Waals surface area contributed by atoms with E-state index < -0.39 is 20.0 Å². The summed E-state index contributed by atoms with van der Waals surface area (Å²) < 4.78 is 51.1. The zero-order valence-electron chi connectivity index (χ0n) is 10.5. The van der Waals surface area contributed by atoms with E-state index in [1.807, 2.05) is 0 Å². The van der Waals surface area contributed by atoms with Gasteiger partial charge in [-0.15, -0.1) is 11.6 Å². The molecule has 0 aliphatic heterocycles. The number of halogens is 1. The van der Waals surface area contributed by atoms with Crippen LogP contribution in [0.15, 0.2) is 23.1 Å². The molecule has 1 aromatic rings. The quantitative estimate of drug-likeness (QED) is 0.759. The number of alkyl halides is 1. The first-order valence-corrected chi connectivity index (χ1v) is 8.99. The van der Waals surface area contributed by atoms with Gasteiger partial charge in [-0.25, -0.2) is 21.6 Å². The van der Waals surface area contributed by atoms with Gasteiger partial charge in [-0.1, -0.05) is 6.07 Å². The summed E-state index contributed by atoms with van der Waals surface area (Å²) in [5.41, 5.74) is 0.708. The van der Waals surface area contributed by atoms with E-state index in [9.17, 15) is 16.8 Å². The maximum absolute atomic E-state index is 11.8. The zero-order chi connectivity index (χ0) is 14.7. The molecule has 6 nitrogen and oxygen atoms in total. The smallest absolute Gasteiger partial charge is 0.240 e. The molecule has 0 heterocycles. The van der Waals surface area contributed by atoms with E-state index in [2.05, 4.69) is 9.44 Å². The number of aryl methyl sites for hydroxylation is 1. The van der Waals surface area contributed by atoms with Crippen LogP contribution in [0.2, 0.25) is 0 Å². The standard InChI is InChI=1S/C10H15ClN2O4S2/c1-8-3-4-9(13-18(14,15)6-5-11)7-10(8)19(16,17)12-2/h3-4,7,12-13H,5-6H2,1-2H3. The molecule has 0 fully saturated rings. The topological polar surface area (TPSA) is 92.3 Å². The molecule has 1 rings (SSSR count). The van der Waals surface area contributed by atoms with Crippen LogP contribution in [0.25, 0.3) is 0 Å². The van der Waals surface area contributed by atoms with Crippen LogP contribution in [0, 0.1) is 6.92 Å². The highest BCUT2D eigenvalue weighted by molar-refractivity contribution is 7.92. The van der Waals surface area contributed by atoms with Gasteiger partial charge < -0.3 is 0 Å². The second-order valence-electron chi connectivity index (χ2n) is 3.80. The van der Waals surface area contributed by atoms with Gasteiger partial charge in [0.1, 0.15) is 0 Å². The van der Waals surface area contributed by atoms with Gasteiger partial charge in [-0.05, 0) is 31.7 Å². The summed E-state index contributed by atoms with van der Waals surface area (Å²) >= 11 is 5.38. The number of sulfonamides is 2. The predicted molar refractivity (Wildman–Crippen MR) is 75.6 cm³/mol. The van der Waals surface area contributed by atoms with Crippen molar-refractivity contribution in [2.75, 3.05) is 23.4 Å². The normalized spacial score (nSPS) is 12.4. The van der Waals surface area contributed by atoms with Crippen molar-refractivity contribution in [3.8, 4) is 0 Å². The van der Waals surface area contributed by atoms with Crippen LogP contribution >= 0.6 is 11.6 Å². The largest absolute Gasteiger partial charge is 0.283 e. The summed E-state index contributed by atoms with van der Waals surface area (Å²) in [6.07, 6.45) is 0. The van der Waals surface area contributed by atoms with E-state index in [4.69, 9.17) is 11.6 Å². The van der Waals surface area contributed by atoms with E-state index in [0.29, 0.717) is 5.56 Å². The molecule has 1 aromatic carbocycles. The van der Waals surface area contributed by atoms with Crippen LogP contribution in [-0.2, 0) is 20.0 Å². The van der Waals surface area contributed by atoms with Crippen LogP contribution in [0.1, 0.15) is 5.56 Å². The maximum Gasteiger partial charge on any atom is 0.240 e. The Morgan fingerprint density at radius 2 is 1.84 bits per heavy atom. The van der Waals surface area contributed by atoms with Gasteiger partial charge in [-0.3, -0.25) is 4.72 Å². The van der Waals surface area contributed by atoms with Crippen LogP contribution < -0.4 is 9.44 Å². The fourth-order valence-corrected chi connectivity index (χ4v) is 3.79. The lowest BCUT2D eigenvalue weighted by molar-refractivity contribution is 0.587. The Morgan fingerprint density at radius 3 is 2.37 bits per heavy atom. The highest BCUT2D eigenvalue weighted by atomic mass is 35.5. The molecule has 2 N–H and O–H groups in total. The molecule has 0 aliphatic carbocycles. The molecule has 9 heteroatoms. The van der Waals surface area contributed by atoms with E-state index in [-0.39, 0.29) is 22.2 Å². The van der Waals surface area contributed by atoms with Crippen LogP contribution in [0.3, 0.4) is 0 Å². The van der Waals surface area contributed by atoms with Gasteiger partial charge >= 0.3 is 0 Å². The Bertz CT molecular complexity index is 656. The Kier molecular flexibility index (Phi) is 5.19. The highest BCUT2D eigenvalue weighted by Gasteiger charge is 2.17. The number of anilines is 1. The van der Waals surface area contributed by atoms with Gasteiger partial charge in [0.15, 0.2) is 0 Å². The zero-order valence-corrected chi connectivity index (χ0v) is 12.9. The first kappa shape index (κ1) is 16.2. The number of benzene rings is 1. The minimum absolute atomic E-state index is 0.0288. The Morgan fingerprint density at radius 1 is 1.21 bits per heavy atom. The average Bonchev–Trinajstić information content (AvgIpc) is 2.31. The molecule has 0 bridgehead atoms. The van der Waals surface area contributed by atoms with Gasteiger partial charge in [0, 0.05) is 11.6 Å². The first-order valence-electron chi connectivity index (χ1n) is 5.32. The summed E-state index contributed by atoms with van der Waals surface area (Å²) in [5.74, 6) is -0.278. The van der Waals surface area contributed by atoms with E-state index in [1.165, 1.54) is 25.2 Å². The van der Waals surface area contributed by atoms with Gasteiger partial charge in [0.05, 0.1) is 10.6 Å². The van der Waals surface area contributed by atoms with Crippen molar-refractivity contribution in [3.63, 3.8) is 0 Å². The first-order chi connectivity index (χ1) is 8.72. The molecular weight excluding hydrogens is 312 g/mol. The summed E-state index contributed by atoms with van der Waals surface area (Å²) in [7, 11) is -5.90. The van der Waals surface area contributed by atoms with Gasteiger partial charge in [-0.2, -0.15) is 0 Å². The highest BCUT2D eigenvalue weighted by Crippen LogP contribution is 2.20. The van der Waals surface area contributed by atoms with Crippen LogP contribution in [-0.4, -0.2) is 35.5 Å². The fourth-order valence-electron chi connectivity index (χ4n) is 1.40. The van der Waals surface area contributed by atoms with E-state index in [1.54, 1.807) is 6.92 Å². The molecule has 19 heavy (non-hydrogen) atoms. The summed E-state index contributed by atoms with van der Waals surface area (Å²) in [5, 5.41) is 0. The fraction of sp³-hybridized carbons (Fsp3) is 0.400. The molecule has 0 radical (unpaired) electrons. The Hall–Kier alpha value is -0.830. The van der Waals surface area contributed by atoms with Crippen molar-refractivity contribution in [1.29, 1.82) is 0 Å². The maximum atomic E-state index is 11.8. The molecule has 0 saturated carbocycles. The van der Waals surface area contributed by atoms with Gasteiger partial charge in [0.25, 0.3) is 0 Å². The minimum atomic E-state index is -3.63. The molecular formula is C10H15ClN2O4S2. The second-order valence-corrected chi connectivity index (χ2v) is 7.87. The number of rotatable bonds is 6. The number of hydrogen-bond donors (Lipinski definition) is 2. The van der Waals surface area contributed by atoms with Crippen molar-refractivity contribution in [1.82, 2.24) is 4.72 Å². The van der Waals surface area contributed by atoms with E-state index in [0.717, 1.165) is 0 Å². The molecule has 0 amide bonds. The van der Waals surface area contributed by atoms with Crippen molar-refractivity contribution >= 4 is 37.3 Å². The minimum Gasteiger partial charge on any atom is -0.283 e. The molecule has 0 atom stereocenters. The molecule has 0 aliphatic rings. The third-order valence-electron chi connectivity index (χ3n) is 2.37. The molecule has 0 unspecified atom stereocenters. The number of hydrogen-bond acceptors (Lipinski definition) is 4. The number of nitrogens with one attached hydrogen (secondary N) is 2. The Balaban J connectivity index is 3.18. The second kappa shape index (κ2) is 6.08. The molecule has 108 valence electrons. The summed E-state index contributed by atoms with van der Waals surface area (Å²) in [6.45, 7) is 1.63. The lowest BCUT2D eigenvalue weighted by Gasteiger charge is -2.11. The van der Waals surface area contributed by atoms with Crippen molar-refractivity contribution in [2.45, 2.75) is 11.8 Å².